The summed E-state index contributed by atoms with van der Waals surface area (Å²) in [5, 5.41) is 3.49. The van der Waals surface area contributed by atoms with E-state index in [1.807, 2.05) is 6.20 Å². The third-order valence-electron chi connectivity index (χ3n) is 4.37. The lowest BCUT2D eigenvalue weighted by atomic mass is 9.85. The van der Waals surface area contributed by atoms with Crippen molar-refractivity contribution in [1.29, 1.82) is 0 Å². The molecule has 2 rings (SSSR count). The Morgan fingerprint density at radius 3 is 2.65 bits per heavy atom. The van der Waals surface area contributed by atoms with Crippen molar-refractivity contribution in [3.05, 3.63) is 24.0 Å². The Labute approximate surface area is 123 Å². The standard InChI is InChI=1S/C17H29N3/c1-4-11-18-14(3)17-10-9-16(12-19-17)20(5-2)13-15-7-6-8-15/h9-10,12,14-15,18H,4-8,11,13H2,1-3H3. The van der Waals surface area contributed by atoms with Crippen LogP contribution in [0.5, 0.6) is 0 Å². The first kappa shape index (κ1) is 15.3. The smallest absolute Gasteiger partial charge is 0.0572 e. The highest BCUT2D eigenvalue weighted by Gasteiger charge is 2.20. The van der Waals surface area contributed by atoms with Gasteiger partial charge in [-0.15, -0.1) is 0 Å². The molecule has 1 fully saturated rings. The average molecular weight is 275 g/mol. The molecule has 1 heterocycles. The van der Waals surface area contributed by atoms with Crippen LogP contribution in [0.1, 0.15) is 58.2 Å². The highest BCUT2D eigenvalue weighted by Crippen LogP contribution is 2.28. The quantitative estimate of drug-likeness (QED) is 0.783. The van der Waals surface area contributed by atoms with Crippen molar-refractivity contribution in [1.82, 2.24) is 10.3 Å². The number of nitrogens with one attached hydrogen (secondary N) is 1. The third kappa shape index (κ3) is 3.95. The Hall–Kier alpha value is -1.09. The number of hydrogen-bond donors (Lipinski definition) is 1. The van der Waals surface area contributed by atoms with E-state index in [9.17, 15) is 0 Å². The van der Waals surface area contributed by atoms with Crippen LogP contribution in [0, 0.1) is 5.92 Å². The normalized spacial score (nSPS) is 16.8. The lowest BCUT2D eigenvalue weighted by Crippen LogP contribution is -2.32. The van der Waals surface area contributed by atoms with Gasteiger partial charge in [-0.1, -0.05) is 13.3 Å². The highest BCUT2D eigenvalue weighted by atomic mass is 15.1. The minimum absolute atomic E-state index is 0.339. The summed E-state index contributed by atoms with van der Waals surface area (Å²) in [5.74, 6) is 0.903. The van der Waals surface area contributed by atoms with Gasteiger partial charge < -0.3 is 10.2 Å². The zero-order chi connectivity index (χ0) is 14.4. The lowest BCUT2D eigenvalue weighted by Gasteiger charge is -2.33. The van der Waals surface area contributed by atoms with Crippen LogP contribution < -0.4 is 10.2 Å². The molecule has 1 N–H and O–H groups in total. The minimum Gasteiger partial charge on any atom is -0.370 e. The van der Waals surface area contributed by atoms with Crippen molar-refractivity contribution >= 4 is 5.69 Å². The van der Waals surface area contributed by atoms with Gasteiger partial charge in [0.25, 0.3) is 0 Å². The lowest BCUT2D eigenvalue weighted by molar-refractivity contribution is 0.318. The van der Waals surface area contributed by atoms with E-state index in [1.54, 1.807) is 0 Å². The Morgan fingerprint density at radius 2 is 2.15 bits per heavy atom. The van der Waals surface area contributed by atoms with Gasteiger partial charge in [0.15, 0.2) is 0 Å². The molecule has 0 bridgehead atoms. The summed E-state index contributed by atoms with van der Waals surface area (Å²) in [4.78, 5) is 7.11. The predicted octanol–water partition coefficient (Wildman–Crippen LogP) is 3.77. The van der Waals surface area contributed by atoms with Gasteiger partial charge in [0.1, 0.15) is 0 Å². The van der Waals surface area contributed by atoms with E-state index in [2.05, 4.69) is 48.1 Å². The summed E-state index contributed by atoms with van der Waals surface area (Å²) < 4.78 is 0. The first-order chi connectivity index (χ1) is 9.74. The van der Waals surface area contributed by atoms with Crippen molar-refractivity contribution in [2.45, 2.75) is 52.5 Å². The third-order valence-corrected chi connectivity index (χ3v) is 4.37. The van der Waals surface area contributed by atoms with Crippen molar-refractivity contribution in [3.63, 3.8) is 0 Å². The number of hydrogen-bond acceptors (Lipinski definition) is 3. The monoisotopic (exact) mass is 275 g/mol. The van der Waals surface area contributed by atoms with E-state index in [0.29, 0.717) is 6.04 Å². The van der Waals surface area contributed by atoms with Crippen LogP contribution in [0.25, 0.3) is 0 Å². The molecule has 3 heteroatoms. The number of aromatic nitrogens is 1. The van der Waals surface area contributed by atoms with Gasteiger partial charge in [-0.3, -0.25) is 4.98 Å². The van der Waals surface area contributed by atoms with Crippen LogP contribution in [-0.4, -0.2) is 24.6 Å². The number of rotatable bonds is 8. The molecule has 0 aliphatic heterocycles. The zero-order valence-corrected chi connectivity index (χ0v) is 13.2. The maximum absolute atomic E-state index is 4.65. The van der Waals surface area contributed by atoms with Crippen LogP contribution in [0.15, 0.2) is 18.3 Å². The average Bonchev–Trinajstić information content (AvgIpc) is 2.44. The summed E-state index contributed by atoms with van der Waals surface area (Å²) in [5.41, 5.74) is 2.41. The summed E-state index contributed by atoms with van der Waals surface area (Å²) in [6.45, 7) is 9.92. The highest BCUT2D eigenvalue weighted by molar-refractivity contribution is 5.44. The molecule has 112 valence electrons. The van der Waals surface area contributed by atoms with E-state index in [4.69, 9.17) is 0 Å². The molecule has 0 saturated heterocycles. The molecule has 0 aromatic carbocycles. The maximum Gasteiger partial charge on any atom is 0.0572 e. The van der Waals surface area contributed by atoms with Crippen molar-refractivity contribution in [2.24, 2.45) is 5.92 Å². The second-order valence-electron chi connectivity index (χ2n) is 5.95. The molecule has 1 aromatic rings. The summed E-state index contributed by atoms with van der Waals surface area (Å²) in [6, 6.07) is 4.74. The van der Waals surface area contributed by atoms with Crippen LogP contribution in [0.3, 0.4) is 0 Å². The fraction of sp³-hybridized carbons (Fsp3) is 0.706. The van der Waals surface area contributed by atoms with Gasteiger partial charge in [-0.25, -0.2) is 0 Å². The molecule has 1 atom stereocenters. The van der Waals surface area contributed by atoms with E-state index < -0.39 is 0 Å². The number of pyridine rings is 1. The second-order valence-corrected chi connectivity index (χ2v) is 5.95. The van der Waals surface area contributed by atoms with Crippen molar-refractivity contribution in [3.8, 4) is 0 Å². The Balaban J connectivity index is 1.94. The Kier molecular flexibility index (Phi) is 5.84. The fourth-order valence-electron chi connectivity index (χ4n) is 2.71. The second kappa shape index (κ2) is 7.63. The molecular weight excluding hydrogens is 246 g/mol. The zero-order valence-electron chi connectivity index (χ0n) is 13.2. The maximum atomic E-state index is 4.65. The molecule has 0 amide bonds. The summed E-state index contributed by atoms with van der Waals surface area (Å²) in [6.07, 6.45) is 7.43. The molecule has 0 spiro atoms. The van der Waals surface area contributed by atoms with Crippen molar-refractivity contribution in [2.75, 3.05) is 24.5 Å². The minimum atomic E-state index is 0.339. The van der Waals surface area contributed by atoms with Gasteiger partial charge in [-0.2, -0.15) is 0 Å². The van der Waals surface area contributed by atoms with Crippen LogP contribution >= 0.6 is 0 Å². The summed E-state index contributed by atoms with van der Waals surface area (Å²) >= 11 is 0. The van der Waals surface area contributed by atoms with Crippen LogP contribution in [0.2, 0.25) is 0 Å². The summed E-state index contributed by atoms with van der Waals surface area (Å²) in [7, 11) is 0. The molecule has 1 saturated carbocycles. The van der Waals surface area contributed by atoms with E-state index in [1.165, 1.54) is 31.5 Å². The molecule has 1 unspecified atom stereocenters. The molecule has 0 radical (unpaired) electrons. The topological polar surface area (TPSA) is 28.2 Å². The molecule has 3 nitrogen and oxygen atoms in total. The van der Waals surface area contributed by atoms with Gasteiger partial charge in [0, 0.05) is 19.1 Å². The van der Waals surface area contributed by atoms with E-state index >= 15 is 0 Å². The van der Waals surface area contributed by atoms with Crippen LogP contribution in [-0.2, 0) is 0 Å². The first-order valence-corrected chi connectivity index (χ1v) is 8.18. The van der Waals surface area contributed by atoms with E-state index in [0.717, 1.165) is 31.1 Å². The van der Waals surface area contributed by atoms with Crippen LogP contribution in [0.4, 0.5) is 5.69 Å². The number of nitrogens with zero attached hydrogens (tertiary/aromatic N) is 2. The molecule has 20 heavy (non-hydrogen) atoms. The molecule has 1 aromatic heterocycles. The van der Waals surface area contributed by atoms with Crippen molar-refractivity contribution < 1.29 is 0 Å². The Morgan fingerprint density at radius 1 is 1.35 bits per heavy atom. The first-order valence-electron chi connectivity index (χ1n) is 8.18. The van der Waals surface area contributed by atoms with Gasteiger partial charge >= 0.3 is 0 Å². The fourth-order valence-corrected chi connectivity index (χ4v) is 2.71. The van der Waals surface area contributed by atoms with Gasteiger partial charge in [0.2, 0.25) is 0 Å². The SMILES string of the molecule is CCCNC(C)c1ccc(N(CC)CC2CCC2)cn1. The molecular formula is C17H29N3. The predicted molar refractivity (Wildman–Crippen MR) is 86.2 cm³/mol. The van der Waals surface area contributed by atoms with E-state index in [-0.39, 0.29) is 0 Å². The van der Waals surface area contributed by atoms with Gasteiger partial charge in [0.05, 0.1) is 17.6 Å². The van der Waals surface area contributed by atoms with Gasteiger partial charge in [-0.05, 0) is 57.7 Å². The molecule has 1 aliphatic carbocycles. The number of anilines is 1. The molecule has 1 aliphatic rings. The largest absolute Gasteiger partial charge is 0.370 e. The Bertz CT molecular complexity index is 384.